The predicted molar refractivity (Wildman–Crippen MR) is 72.3 cm³/mol. The highest BCUT2D eigenvalue weighted by Crippen LogP contribution is 2.16. The maximum absolute atomic E-state index is 6.10. The Morgan fingerprint density at radius 1 is 1.33 bits per heavy atom. The lowest BCUT2D eigenvalue weighted by atomic mass is 10.2. The number of dihydropyridines is 1. The number of rotatable bonds is 2. The number of nitrogens with two attached hydrogens (primary N) is 1. The number of nitrogens with zero attached hydrogens (tertiary/aromatic N) is 4. The highest BCUT2D eigenvalue weighted by atomic mass is 15.6. The van der Waals surface area contributed by atoms with E-state index in [9.17, 15) is 0 Å². The van der Waals surface area contributed by atoms with Crippen LogP contribution in [0.3, 0.4) is 0 Å². The minimum Gasteiger partial charge on any atom is -0.285 e. The molecule has 6 nitrogen and oxygen atoms in total. The summed E-state index contributed by atoms with van der Waals surface area (Å²) in [7, 11) is 0. The number of aliphatic imine (C=N–C) groups is 2. The van der Waals surface area contributed by atoms with Gasteiger partial charge in [0.1, 0.15) is 5.70 Å². The smallest absolute Gasteiger partial charge is 0.190 e. The molecule has 0 amide bonds. The molecule has 1 atom stereocenters. The first-order valence-corrected chi connectivity index (χ1v) is 6.17. The molecule has 6 heteroatoms. The molecule has 0 aromatic heterocycles. The Morgan fingerprint density at radius 2 is 2.28 bits per heavy atom. The van der Waals surface area contributed by atoms with E-state index in [1.54, 1.807) is 5.01 Å². The van der Waals surface area contributed by atoms with Gasteiger partial charge in [-0.3, -0.25) is 20.4 Å². The molecular formula is C12H16N6. The van der Waals surface area contributed by atoms with E-state index in [-0.39, 0.29) is 6.17 Å². The molecule has 3 rings (SSSR count). The quantitative estimate of drug-likeness (QED) is 0.696. The van der Waals surface area contributed by atoms with Gasteiger partial charge < -0.3 is 0 Å². The van der Waals surface area contributed by atoms with Crippen LogP contribution in [0.2, 0.25) is 0 Å². The zero-order chi connectivity index (χ0) is 12.4. The molecule has 0 aromatic carbocycles. The van der Waals surface area contributed by atoms with Crippen molar-refractivity contribution in [3.05, 3.63) is 23.9 Å². The van der Waals surface area contributed by atoms with Crippen LogP contribution in [0, 0.1) is 0 Å². The first-order chi connectivity index (χ1) is 8.86. The molecule has 3 aliphatic rings. The molecule has 3 aliphatic heterocycles. The number of amidine groups is 1. The number of hydrazine groups is 1. The second-order valence-corrected chi connectivity index (χ2v) is 4.35. The fourth-order valence-corrected chi connectivity index (χ4v) is 2.12. The molecule has 0 bridgehead atoms. The van der Waals surface area contributed by atoms with Crippen molar-refractivity contribution in [3.63, 3.8) is 0 Å². The van der Waals surface area contributed by atoms with Crippen LogP contribution in [0.4, 0.5) is 0 Å². The summed E-state index contributed by atoms with van der Waals surface area (Å²) >= 11 is 0. The molecule has 94 valence electrons. The molecular weight excluding hydrogens is 228 g/mol. The zero-order valence-electron chi connectivity index (χ0n) is 10.1. The molecule has 1 unspecified atom stereocenters. The van der Waals surface area contributed by atoms with Gasteiger partial charge in [0.2, 0.25) is 0 Å². The van der Waals surface area contributed by atoms with E-state index in [2.05, 4.69) is 32.7 Å². The Labute approximate surface area is 106 Å². The van der Waals surface area contributed by atoms with Crippen LogP contribution in [0.25, 0.3) is 0 Å². The van der Waals surface area contributed by atoms with Gasteiger partial charge in [-0.25, -0.2) is 5.84 Å². The van der Waals surface area contributed by atoms with E-state index < -0.39 is 0 Å². The van der Waals surface area contributed by atoms with E-state index in [1.165, 1.54) is 0 Å². The Balaban J connectivity index is 1.77. The fraction of sp³-hybridized carbons (Fsp3) is 0.417. The molecule has 0 saturated heterocycles. The monoisotopic (exact) mass is 244 g/mol. The van der Waals surface area contributed by atoms with E-state index in [0.29, 0.717) is 5.84 Å². The van der Waals surface area contributed by atoms with E-state index in [0.717, 1.165) is 37.2 Å². The number of allylic oxidation sites excluding steroid dienone is 1. The van der Waals surface area contributed by atoms with Crippen LogP contribution >= 0.6 is 0 Å². The second kappa shape index (κ2) is 4.73. The van der Waals surface area contributed by atoms with Crippen molar-refractivity contribution in [2.45, 2.75) is 25.4 Å². The lowest BCUT2D eigenvalue weighted by molar-refractivity contribution is 0.385. The van der Waals surface area contributed by atoms with Gasteiger partial charge in [0.15, 0.2) is 12.0 Å². The molecule has 0 saturated carbocycles. The molecule has 0 fully saturated rings. The fourth-order valence-electron chi connectivity index (χ4n) is 2.12. The first kappa shape index (κ1) is 11.2. The summed E-state index contributed by atoms with van der Waals surface area (Å²) in [6.07, 6.45) is 10.8. The summed E-state index contributed by atoms with van der Waals surface area (Å²) in [5.41, 5.74) is 4.77. The van der Waals surface area contributed by atoms with Crippen molar-refractivity contribution in [1.29, 1.82) is 0 Å². The van der Waals surface area contributed by atoms with Gasteiger partial charge in [-0.05, 0) is 25.3 Å². The minimum absolute atomic E-state index is 0.186. The van der Waals surface area contributed by atoms with Crippen molar-refractivity contribution >= 4 is 17.8 Å². The molecule has 0 radical (unpaired) electrons. The van der Waals surface area contributed by atoms with Crippen molar-refractivity contribution in [2.75, 3.05) is 6.54 Å². The van der Waals surface area contributed by atoms with Crippen molar-refractivity contribution in [3.8, 4) is 0 Å². The van der Waals surface area contributed by atoms with Crippen LogP contribution in [0.5, 0.6) is 0 Å². The van der Waals surface area contributed by atoms with Gasteiger partial charge in [0.05, 0.1) is 5.71 Å². The summed E-state index contributed by atoms with van der Waals surface area (Å²) in [6.45, 7) is 0.814. The average molecular weight is 244 g/mol. The third kappa shape index (κ3) is 1.95. The van der Waals surface area contributed by atoms with Gasteiger partial charge in [-0.2, -0.15) is 5.10 Å². The predicted octanol–water partition coefficient (Wildman–Crippen LogP) is 0.554. The molecule has 3 heterocycles. The van der Waals surface area contributed by atoms with Crippen LogP contribution < -0.4 is 11.3 Å². The van der Waals surface area contributed by atoms with Crippen LogP contribution in [0.1, 0.15) is 19.3 Å². The maximum Gasteiger partial charge on any atom is 0.190 e. The zero-order valence-corrected chi connectivity index (χ0v) is 10.1. The van der Waals surface area contributed by atoms with Gasteiger partial charge in [0, 0.05) is 12.8 Å². The molecule has 18 heavy (non-hydrogen) atoms. The summed E-state index contributed by atoms with van der Waals surface area (Å²) in [4.78, 5) is 8.78. The minimum atomic E-state index is -0.186. The normalized spacial score (nSPS) is 26.6. The number of hydrogen-bond acceptors (Lipinski definition) is 6. The lowest BCUT2D eigenvalue weighted by Gasteiger charge is -2.23. The second-order valence-electron chi connectivity index (χ2n) is 4.35. The van der Waals surface area contributed by atoms with Crippen molar-refractivity contribution in [2.24, 2.45) is 20.9 Å². The topological polar surface area (TPSA) is 78.4 Å². The van der Waals surface area contributed by atoms with Crippen molar-refractivity contribution in [1.82, 2.24) is 10.4 Å². The van der Waals surface area contributed by atoms with E-state index in [4.69, 9.17) is 5.84 Å². The molecule has 0 spiro atoms. The summed E-state index contributed by atoms with van der Waals surface area (Å²) < 4.78 is 0. The Kier molecular flexibility index (Phi) is 2.93. The number of hydrazone groups is 1. The Hall–Kier alpha value is -1.95. The molecule has 3 N–H and O–H groups in total. The van der Waals surface area contributed by atoms with E-state index >= 15 is 0 Å². The molecule has 0 aliphatic carbocycles. The van der Waals surface area contributed by atoms with Crippen LogP contribution in [-0.4, -0.2) is 35.5 Å². The third-order valence-electron chi connectivity index (χ3n) is 3.07. The maximum atomic E-state index is 6.10. The SMILES string of the molecule is NN1C(C2=CCCC=N2)=NNC1C1=NCCC=C1. The standard InChI is InChI=1S/C12H16N6/c13-18-11(9-5-1-3-7-14-9)16-17-12(18)10-6-2-4-8-15-10/h1,5-6,8,11,16H,2-4,7,13H2. The lowest BCUT2D eigenvalue weighted by Crippen LogP contribution is -2.50. The summed E-state index contributed by atoms with van der Waals surface area (Å²) in [6, 6.07) is 0. The van der Waals surface area contributed by atoms with Gasteiger partial charge in [-0.1, -0.05) is 12.2 Å². The summed E-state index contributed by atoms with van der Waals surface area (Å²) in [5, 5.41) is 5.87. The van der Waals surface area contributed by atoms with Gasteiger partial charge in [0.25, 0.3) is 0 Å². The number of nitrogens with one attached hydrogen (secondary N) is 1. The van der Waals surface area contributed by atoms with Crippen molar-refractivity contribution < 1.29 is 0 Å². The average Bonchev–Trinajstić information content (AvgIpc) is 2.83. The molecule has 0 aromatic rings. The van der Waals surface area contributed by atoms with Crippen LogP contribution in [0.15, 0.2) is 39.0 Å². The largest absolute Gasteiger partial charge is 0.285 e. The first-order valence-electron chi connectivity index (χ1n) is 6.17. The summed E-state index contributed by atoms with van der Waals surface area (Å²) in [5.74, 6) is 6.77. The third-order valence-corrected chi connectivity index (χ3v) is 3.07. The Morgan fingerprint density at radius 3 is 3.00 bits per heavy atom. The highest BCUT2D eigenvalue weighted by molar-refractivity contribution is 6.07. The van der Waals surface area contributed by atoms with E-state index in [1.807, 2.05) is 12.3 Å². The highest BCUT2D eigenvalue weighted by Gasteiger charge is 2.30. The van der Waals surface area contributed by atoms with Gasteiger partial charge >= 0.3 is 0 Å². The number of hydrogen-bond donors (Lipinski definition) is 2. The van der Waals surface area contributed by atoms with Crippen LogP contribution in [-0.2, 0) is 0 Å². The Bertz CT molecular complexity index is 485. The van der Waals surface area contributed by atoms with Gasteiger partial charge in [-0.15, -0.1) is 0 Å².